The molecule has 0 aliphatic carbocycles. The smallest absolute Gasteiger partial charge is 0.237 e. The van der Waals surface area contributed by atoms with Crippen LogP contribution >= 0.6 is 11.8 Å². The zero-order chi connectivity index (χ0) is 13.0. The van der Waals surface area contributed by atoms with Crippen molar-refractivity contribution in [2.75, 3.05) is 29.6 Å². The van der Waals surface area contributed by atoms with Crippen molar-refractivity contribution in [3.05, 3.63) is 24.3 Å². The number of nitrogens with zero attached hydrogens (tertiary/aromatic N) is 1. The highest BCUT2D eigenvalue weighted by molar-refractivity contribution is 8.00. The first kappa shape index (κ1) is 13.2. The molecule has 1 heterocycles. The van der Waals surface area contributed by atoms with E-state index in [9.17, 15) is 4.79 Å². The number of thioether (sulfide) groups is 1. The van der Waals surface area contributed by atoms with Crippen LogP contribution in [-0.4, -0.2) is 36.6 Å². The van der Waals surface area contributed by atoms with Crippen molar-refractivity contribution in [2.45, 2.75) is 13.0 Å². The highest BCUT2D eigenvalue weighted by atomic mass is 32.2. The molecule has 1 aliphatic heterocycles. The van der Waals surface area contributed by atoms with Crippen LogP contribution in [0.5, 0.6) is 5.75 Å². The second-order valence-electron chi connectivity index (χ2n) is 4.10. The Labute approximate surface area is 111 Å². The quantitative estimate of drug-likeness (QED) is 0.897. The Bertz CT molecular complexity index is 408. The lowest BCUT2D eigenvalue weighted by Gasteiger charge is -2.34. The number of amides is 1. The lowest BCUT2D eigenvalue weighted by Crippen LogP contribution is -2.50. The number of carbonyl (C=O) groups is 1. The first-order valence-electron chi connectivity index (χ1n) is 6.09. The van der Waals surface area contributed by atoms with E-state index in [1.165, 1.54) is 0 Å². The summed E-state index contributed by atoms with van der Waals surface area (Å²) in [6.45, 7) is 3.08. The van der Waals surface area contributed by atoms with Crippen LogP contribution in [0.15, 0.2) is 24.3 Å². The molecule has 0 saturated carbocycles. The van der Waals surface area contributed by atoms with E-state index < -0.39 is 0 Å². The van der Waals surface area contributed by atoms with Gasteiger partial charge in [-0.3, -0.25) is 4.79 Å². The van der Waals surface area contributed by atoms with Crippen LogP contribution in [0.2, 0.25) is 0 Å². The van der Waals surface area contributed by atoms with Crippen LogP contribution in [0.1, 0.15) is 6.92 Å². The molecule has 1 amide bonds. The molecule has 0 bridgehead atoms. The van der Waals surface area contributed by atoms with Gasteiger partial charge in [-0.25, -0.2) is 0 Å². The summed E-state index contributed by atoms with van der Waals surface area (Å²) in [5, 5.41) is 0. The molecule has 2 N–H and O–H groups in total. The Morgan fingerprint density at radius 2 is 2.17 bits per heavy atom. The molecule has 0 aromatic heterocycles. The third kappa shape index (κ3) is 2.79. The number of hydrogen-bond donors (Lipinski definition) is 1. The van der Waals surface area contributed by atoms with Crippen LogP contribution in [0.25, 0.3) is 0 Å². The van der Waals surface area contributed by atoms with Crippen molar-refractivity contribution in [1.82, 2.24) is 0 Å². The largest absolute Gasteiger partial charge is 0.494 e. The topological polar surface area (TPSA) is 55.6 Å². The predicted octanol–water partition coefficient (Wildman–Crippen LogP) is 1.49. The fourth-order valence-corrected chi connectivity index (χ4v) is 3.02. The van der Waals surface area contributed by atoms with Crippen LogP contribution in [0, 0.1) is 0 Å². The minimum Gasteiger partial charge on any atom is -0.494 e. The van der Waals surface area contributed by atoms with Crippen molar-refractivity contribution in [1.29, 1.82) is 0 Å². The monoisotopic (exact) mass is 266 g/mol. The van der Waals surface area contributed by atoms with Crippen LogP contribution in [0.4, 0.5) is 5.69 Å². The molecule has 2 rings (SSSR count). The minimum atomic E-state index is 0.0918. The van der Waals surface area contributed by atoms with Crippen molar-refractivity contribution < 1.29 is 9.53 Å². The molecule has 1 unspecified atom stereocenters. The third-order valence-corrected chi connectivity index (χ3v) is 3.94. The predicted molar refractivity (Wildman–Crippen MR) is 75.3 cm³/mol. The normalized spacial score (nSPS) is 20.0. The minimum absolute atomic E-state index is 0.0918. The summed E-state index contributed by atoms with van der Waals surface area (Å²) in [5.41, 5.74) is 6.64. The summed E-state index contributed by atoms with van der Waals surface area (Å²) in [6.07, 6.45) is 0. The average Bonchev–Trinajstić information content (AvgIpc) is 2.40. The fraction of sp³-hybridized carbons (Fsp3) is 0.462. The average molecular weight is 266 g/mol. The summed E-state index contributed by atoms with van der Waals surface area (Å²) in [7, 11) is 0. The number of benzene rings is 1. The molecular formula is C13H18N2O2S. The van der Waals surface area contributed by atoms with E-state index in [2.05, 4.69) is 0 Å². The highest BCUT2D eigenvalue weighted by Gasteiger charge is 2.28. The molecule has 1 saturated heterocycles. The SMILES string of the molecule is CCOc1ccc(N2C(=O)CSCC2CN)cc1. The van der Waals surface area contributed by atoms with Gasteiger partial charge in [-0.2, -0.15) is 0 Å². The summed E-state index contributed by atoms with van der Waals surface area (Å²) < 4.78 is 5.40. The maximum atomic E-state index is 12.0. The Balaban J connectivity index is 2.19. The standard InChI is InChI=1S/C13H18N2O2S/c1-2-17-12-5-3-10(4-6-12)15-11(7-14)8-18-9-13(15)16/h3-6,11H,2,7-9,14H2,1H3. The van der Waals surface area contributed by atoms with Gasteiger partial charge in [-0.05, 0) is 31.2 Å². The molecule has 4 nitrogen and oxygen atoms in total. The van der Waals surface area contributed by atoms with Gasteiger partial charge in [0, 0.05) is 18.0 Å². The van der Waals surface area contributed by atoms with Crippen LogP contribution in [-0.2, 0) is 4.79 Å². The maximum Gasteiger partial charge on any atom is 0.237 e. The lowest BCUT2D eigenvalue weighted by molar-refractivity contribution is -0.116. The van der Waals surface area contributed by atoms with Crippen molar-refractivity contribution in [2.24, 2.45) is 5.73 Å². The zero-order valence-electron chi connectivity index (χ0n) is 10.5. The summed E-state index contributed by atoms with van der Waals surface area (Å²) in [6, 6.07) is 7.71. The molecule has 1 aromatic carbocycles. The van der Waals surface area contributed by atoms with Crippen molar-refractivity contribution in [3.63, 3.8) is 0 Å². The van der Waals surface area contributed by atoms with Gasteiger partial charge in [0.15, 0.2) is 0 Å². The number of ether oxygens (including phenoxy) is 1. The van der Waals surface area contributed by atoms with Gasteiger partial charge in [-0.15, -0.1) is 11.8 Å². The fourth-order valence-electron chi connectivity index (χ4n) is 2.03. The van der Waals surface area contributed by atoms with Gasteiger partial charge in [0.2, 0.25) is 5.91 Å². The number of carbonyl (C=O) groups excluding carboxylic acids is 1. The summed E-state index contributed by atoms with van der Waals surface area (Å²) in [4.78, 5) is 13.8. The first-order chi connectivity index (χ1) is 8.76. The number of rotatable bonds is 4. The van der Waals surface area contributed by atoms with Gasteiger partial charge in [0.25, 0.3) is 0 Å². The molecule has 5 heteroatoms. The van der Waals surface area contributed by atoms with E-state index in [4.69, 9.17) is 10.5 Å². The molecule has 1 aromatic rings. The molecular weight excluding hydrogens is 248 g/mol. The van der Waals surface area contributed by atoms with E-state index in [0.717, 1.165) is 17.2 Å². The number of hydrogen-bond acceptors (Lipinski definition) is 4. The Hall–Kier alpha value is -1.20. The zero-order valence-corrected chi connectivity index (χ0v) is 11.3. The molecule has 1 atom stereocenters. The van der Waals surface area contributed by atoms with Crippen molar-refractivity contribution >= 4 is 23.4 Å². The second-order valence-corrected chi connectivity index (χ2v) is 5.13. The van der Waals surface area contributed by atoms with E-state index in [1.807, 2.05) is 36.1 Å². The van der Waals surface area contributed by atoms with E-state index in [-0.39, 0.29) is 11.9 Å². The molecule has 1 fully saturated rings. The Morgan fingerprint density at radius 1 is 1.44 bits per heavy atom. The van der Waals surface area contributed by atoms with Gasteiger partial charge in [-0.1, -0.05) is 0 Å². The second kappa shape index (κ2) is 6.11. The van der Waals surface area contributed by atoms with Crippen LogP contribution < -0.4 is 15.4 Å². The highest BCUT2D eigenvalue weighted by Crippen LogP contribution is 2.26. The third-order valence-electron chi connectivity index (χ3n) is 2.87. The molecule has 1 aliphatic rings. The number of anilines is 1. The Kier molecular flexibility index (Phi) is 4.49. The summed E-state index contributed by atoms with van der Waals surface area (Å²) >= 11 is 1.65. The van der Waals surface area contributed by atoms with E-state index in [0.29, 0.717) is 18.9 Å². The van der Waals surface area contributed by atoms with Gasteiger partial charge >= 0.3 is 0 Å². The van der Waals surface area contributed by atoms with E-state index in [1.54, 1.807) is 11.8 Å². The Morgan fingerprint density at radius 3 is 2.78 bits per heavy atom. The summed E-state index contributed by atoms with van der Waals surface area (Å²) in [5.74, 6) is 2.38. The lowest BCUT2D eigenvalue weighted by atomic mass is 10.2. The van der Waals surface area contributed by atoms with Gasteiger partial charge in [0.05, 0.1) is 18.4 Å². The van der Waals surface area contributed by atoms with E-state index >= 15 is 0 Å². The maximum absolute atomic E-state index is 12.0. The van der Waals surface area contributed by atoms with Gasteiger partial charge in [0.1, 0.15) is 5.75 Å². The van der Waals surface area contributed by atoms with Crippen molar-refractivity contribution in [3.8, 4) is 5.75 Å². The molecule has 18 heavy (non-hydrogen) atoms. The van der Waals surface area contributed by atoms with Crippen LogP contribution in [0.3, 0.4) is 0 Å². The molecule has 0 radical (unpaired) electrons. The molecule has 98 valence electrons. The van der Waals surface area contributed by atoms with Gasteiger partial charge < -0.3 is 15.4 Å². The first-order valence-corrected chi connectivity index (χ1v) is 7.24. The number of nitrogens with two attached hydrogens (primary N) is 1. The molecule has 0 spiro atoms.